The molecular weight excluding hydrogens is 229 g/mol. The van der Waals surface area contributed by atoms with Crippen LogP contribution in [0.3, 0.4) is 0 Å². The van der Waals surface area contributed by atoms with Gasteiger partial charge in [0.1, 0.15) is 17.3 Å². The van der Waals surface area contributed by atoms with Gasteiger partial charge in [-0.25, -0.2) is 4.39 Å². The molecule has 0 radical (unpaired) electrons. The molecule has 0 spiro atoms. The number of halogens is 1. The highest BCUT2D eigenvalue weighted by atomic mass is 19.1. The lowest BCUT2D eigenvalue weighted by molar-refractivity contribution is 0.417. The minimum absolute atomic E-state index is 0.232. The van der Waals surface area contributed by atoms with Gasteiger partial charge in [-0.3, -0.25) is 0 Å². The first-order chi connectivity index (χ1) is 8.74. The predicted molar refractivity (Wildman–Crippen MR) is 70.8 cm³/mol. The maximum Gasteiger partial charge on any atom is 0.134 e. The highest BCUT2D eigenvalue weighted by Crippen LogP contribution is 2.26. The normalized spacial score (nSPS) is 12.6. The molecule has 1 atom stereocenters. The third-order valence-corrected chi connectivity index (χ3v) is 2.96. The zero-order chi connectivity index (χ0) is 13.0. The van der Waals surface area contributed by atoms with Crippen molar-refractivity contribution >= 4 is 0 Å². The molecule has 0 aliphatic rings. The van der Waals surface area contributed by atoms with Crippen LogP contribution in [0.15, 0.2) is 40.8 Å². The minimum atomic E-state index is -0.232. The zero-order valence-electron chi connectivity index (χ0n) is 10.7. The fourth-order valence-electron chi connectivity index (χ4n) is 2.00. The minimum Gasteiger partial charge on any atom is -0.459 e. The van der Waals surface area contributed by atoms with Crippen LogP contribution >= 0.6 is 0 Å². The summed E-state index contributed by atoms with van der Waals surface area (Å²) in [5.74, 6) is 1.48. The summed E-state index contributed by atoms with van der Waals surface area (Å²) >= 11 is 0. The Balaban J connectivity index is 2.21. The van der Waals surface area contributed by atoms with E-state index in [1.807, 2.05) is 12.1 Å². The summed E-state index contributed by atoms with van der Waals surface area (Å²) in [6.07, 6.45) is 0.976. The smallest absolute Gasteiger partial charge is 0.134 e. The first-order valence-electron chi connectivity index (χ1n) is 6.33. The van der Waals surface area contributed by atoms with E-state index in [2.05, 4.69) is 19.2 Å². The topological polar surface area (TPSA) is 25.2 Å². The molecule has 96 valence electrons. The third-order valence-electron chi connectivity index (χ3n) is 2.96. The van der Waals surface area contributed by atoms with Gasteiger partial charge in [-0.05, 0) is 49.4 Å². The molecule has 0 bridgehead atoms. The van der Waals surface area contributed by atoms with Crippen molar-refractivity contribution in [3.05, 3.63) is 48.0 Å². The molecule has 0 aliphatic carbocycles. The zero-order valence-corrected chi connectivity index (χ0v) is 10.7. The molecule has 0 saturated heterocycles. The van der Waals surface area contributed by atoms with Crippen LogP contribution in [0, 0.1) is 5.82 Å². The molecule has 0 saturated carbocycles. The van der Waals surface area contributed by atoms with E-state index in [1.54, 1.807) is 12.1 Å². The van der Waals surface area contributed by atoms with Gasteiger partial charge in [-0.1, -0.05) is 13.8 Å². The van der Waals surface area contributed by atoms with Crippen molar-refractivity contribution in [1.82, 2.24) is 5.32 Å². The van der Waals surface area contributed by atoms with Crippen LogP contribution in [-0.4, -0.2) is 6.54 Å². The van der Waals surface area contributed by atoms with Gasteiger partial charge in [0.2, 0.25) is 0 Å². The molecule has 18 heavy (non-hydrogen) atoms. The summed E-state index contributed by atoms with van der Waals surface area (Å²) in [7, 11) is 0. The Kier molecular flexibility index (Phi) is 4.15. The second-order valence-corrected chi connectivity index (χ2v) is 4.23. The van der Waals surface area contributed by atoms with Gasteiger partial charge in [0.05, 0.1) is 6.04 Å². The fourth-order valence-corrected chi connectivity index (χ4v) is 2.00. The third kappa shape index (κ3) is 2.79. The second-order valence-electron chi connectivity index (χ2n) is 4.23. The predicted octanol–water partition coefficient (Wildman–Crippen LogP) is 4.15. The Morgan fingerprint density at radius 3 is 2.44 bits per heavy atom. The monoisotopic (exact) mass is 247 g/mol. The van der Waals surface area contributed by atoms with E-state index in [-0.39, 0.29) is 11.9 Å². The molecule has 1 N–H and O–H groups in total. The van der Waals surface area contributed by atoms with E-state index in [0.29, 0.717) is 0 Å². The Hall–Kier alpha value is -1.61. The van der Waals surface area contributed by atoms with Crippen LogP contribution in [0.4, 0.5) is 4.39 Å². The quantitative estimate of drug-likeness (QED) is 0.858. The van der Waals surface area contributed by atoms with E-state index < -0.39 is 0 Å². The van der Waals surface area contributed by atoms with Crippen molar-refractivity contribution in [2.24, 2.45) is 0 Å². The van der Waals surface area contributed by atoms with Gasteiger partial charge in [-0.2, -0.15) is 0 Å². The van der Waals surface area contributed by atoms with Crippen LogP contribution in [0.5, 0.6) is 0 Å². The average Bonchev–Trinajstić information content (AvgIpc) is 2.86. The van der Waals surface area contributed by atoms with Crippen LogP contribution in [0.1, 0.15) is 32.1 Å². The van der Waals surface area contributed by atoms with E-state index in [9.17, 15) is 4.39 Å². The van der Waals surface area contributed by atoms with Crippen molar-refractivity contribution in [1.29, 1.82) is 0 Å². The molecule has 2 nitrogen and oxygen atoms in total. The van der Waals surface area contributed by atoms with Gasteiger partial charge in [0, 0.05) is 5.56 Å². The first kappa shape index (κ1) is 12.8. The van der Waals surface area contributed by atoms with E-state index in [0.717, 1.165) is 30.0 Å². The maximum atomic E-state index is 12.9. The SMILES string of the molecule is CCNC(CC)c1ccc(-c2ccc(F)cc2)o1. The van der Waals surface area contributed by atoms with Crippen molar-refractivity contribution in [2.75, 3.05) is 6.54 Å². The summed E-state index contributed by atoms with van der Waals surface area (Å²) < 4.78 is 18.7. The molecule has 1 unspecified atom stereocenters. The first-order valence-corrected chi connectivity index (χ1v) is 6.33. The highest BCUT2D eigenvalue weighted by Gasteiger charge is 2.13. The fraction of sp³-hybridized carbons (Fsp3) is 0.333. The lowest BCUT2D eigenvalue weighted by atomic mass is 10.1. The Morgan fingerprint density at radius 1 is 1.11 bits per heavy atom. The summed E-state index contributed by atoms with van der Waals surface area (Å²) in [5.41, 5.74) is 0.897. The maximum absolute atomic E-state index is 12.9. The highest BCUT2D eigenvalue weighted by molar-refractivity contribution is 5.57. The summed E-state index contributed by atoms with van der Waals surface area (Å²) in [4.78, 5) is 0. The van der Waals surface area contributed by atoms with E-state index in [1.165, 1.54) is 12.1 Å². The molecular formula is C15H18FNO. The molecule has 0 amide bonds. The molecule has 1 aromatic carbocycles. The molecule has 2 aromatic rings. The summed E-state index contributed by atoms with van der Waals surface area (Å²) in [5, 5.41) is 3.37. The van der Waals surface area contributed by atoms with E-state index in [4.69, 9.17) is 4.42 Å². The average molecular weight is 247 g/mol. The number of hydrogen-bond acceptors (Lipinski definition) is 2. The molecule has 2 rings (SSSR count). The van der Waals surface area contributed by atoms with Crippen LogP contribution in [0.2, 0.25) is 0 Å². The van der Waals surface area contributed by atoms with Crippen molar-refractivity contribution in [2.45, 2.75) is 26.3 Å². The van der Waals surface area contributed by atoms with Gasteiger partial charge in [-0.15, -0.1) is 0 Å². The van der Waals surface area contributed by atoms with Crippen molar-refractivity contribution in [3.63, 3.8) is 0 Å². The van der Waals surface area contributed by atoms with Crippen molar-refractivity contribution < 1.29 is 8.81 Å². The molecule has 1 heterocycles. The number of hydrogen-bond donors (Lipinski definition) is 1. The van der Waals surface area contributed by atoms with Gasteiger partial charge in [0.25, 0.3) is 0 Å². The van der Waals surface area contributed by atoms with Crippen LogP contribution < -0.4 is 5.32 Å². The van der Waals surface area contributed by atoms with Crippen molar-refractivity contribution in [3.8, 4) is 11.3 Å². The number of benzene rings is 1. The summed E-state index contributed by atoms with van der Waals surface area (Å²) in [6.45, 7) is 5.10. The molecule has 0 fully saturated rings. The largest absolute Gasteiger partial charge is 0.459 e. The van der Waals surface area contributed by atoms with Gasteiger partial charge in [0.15, 0.2) is 0 Å². The van der Waals surface area contributed by atoms with Crippen LogP contribution in [0.25, 0.3) is 11.3 Å². The second kappa shape index (κ2) is 5.83. The lowest BCUT2D eigenvalue weighted by Gasteiger charge is -2.12. The van der Waals surface area contributed by atoms with E-state index >= 15 is 0 Å². The number of rotatable bonds is 5. The Morgan fingerprint density at radius 2 is 1.83 bits per heavy atom. The number of nitrogens with one attached hydrogen (secondary N) is 1. The van der Waals surface area contributed by atoms with Gasteiger partial charge >= 0.3 is 0 Å². The Bertz CT molecular complexity index is 489. The number of furan rings is 1. The lowest BCUT2D eigenvalue weighted by Crippen LogP contribution is -2.19. The standard InChI is InChI=1S/C15H18FNO/c1-3-13(17-4-2)15-10-9-14(18-15)11-5-7-12(16)8-6-11/h5-10,13,17H,3-4H2,1-2H3. The molecule has 0 aliphatic heterocycles. The van der Waals surface area contributed by atoms with Gasteiger partial charge < -0.3 is 9.73 Å². The summed E-state index contributed by atoms with van der Waals surface area (Å²) in [6, 6.07) is 10.5. The Labute approximate surface area is 107 Å². The molecule has 1 aromatic heterocycles. The molecule has 3 heteroatoms. The van der Waals surface area contributed by atoms with Crippen LogP contribution in [-0.2, 0) is 0 Å².